The van der Waals surface area contributed by atoms with Crippen molar-refractivity contribution >= 4 is 44.6 Å². The predicted octanol–water partition coefficient (Wildman–Crippen LogP) is 4.15. The van der Waals surface area contributed by atoms with E-state index in [1.165, 1.54) is 34.6 Å². The molecular weight excluding hydrogens is 463 g/mol. The molecule has 4 rings (SSSR count). The zero-order valence-electron chi connectivity index (χ0n) is 16.2. The molecule has 162 valence electrons. The van der Waals surface area contributed by atoms with Crippen LogP contribution >= 0.6 is 22.9 Å². The Morgan fingerprint density at radius 2 is 1.87 bits per heavy atom. The van der Waals surface area contributed by atoms with Crippen LogP contribution in [-0.4, -0.2) is 41.9 Å². The van der Waals surface area contributed by atoms with Crippen molar-refractivity contribution in [1.29, 1.82) is 0 Å². The summed E-state index contributed by atoms with van der Waals surface area (Å²) in [6.07, 6.45) is 1.12. The second kappa shape index (κ2) is 8.99. The van der Waals surface area contributed by atoms with E-state index in [4.69, 9.17) is 11.6 Å². The van der Waals surface area contributed by atoms with Gasteiger partial charge in [0.2, 0.25) is 15.0 Å². The third-order valence-electron chi connectivity index (χ3n) is 4.99. The van der Waals surface area contributed by atoms with Crippen LogP contribution in [0.25, 0.3) is 0 Å². The van der Waals surface area contributed by atoms with E-state index < -0.39 is 21.7 Å². The molecule has 1 aromatic heterocycles. The average Bonchev–Trinajstić information content (AvgIpc) is 3.26. The van der Waals surface area contributed by atoms with Crippen LogP contribution in [0, 0.1) is 5.82 Å². The fraction of sp³-hybridized carbons (Fsp3) is 0.250. The van der Waals surface area contributed by atoms with Crippen molar-refractivity contribution in [2.75, 3.05) is 18.4 Å². The number of para-hydroxylation sites is 1. The molecule has 2 aromatic carbocycles. The Hall–Kier alpha value is -2.40. The molecular formula is C20H18ClFN4O3S2. The van der Waals surface area contributed by atoms with Crippen molar-refractivity contribution in [2.45, 2.75) is 23.7 Å². The minimum Gasteiger partial charge on any atom is -0.317 e. The highest BCUT2D eigenvalue weighted by Gasteiger charge is 2.31. The van der Waals surface area contributed by atoms with Gasteiger partial charge in [0.25, 0.3) is 5.91 Å². The smallest absolute Gasteiger partial charge is 0.286 e. The number of hydrogen-bond acceptors (Lipinski definition) is 6. The number of halogens is 2. The quantitative estimate of drug-likeness (QED) is 0.592. The summed E-state index contributed by atoms with van der Waals surface area (Å²) in [4.78, 5) is 12.5. The lowest BCUT2D eigenvalue weighted by Crippen LogP contribution is -2.37. The standard InChI is InChI=1S/C20H18ClFN4O3S2/c21-14-4-3-5-15(12-14)31(28,29)26-10-8-13(9-11-26)19-24-25-20(30-19)18(27)23-17-7-2-1-6-16(17)22/h1-7,12-13H,8-11H2,(H,23,27). The lowest BCUT2D eigenvalue weighted by atomic mass is 9.99. The van der Waals surface area contributed by atoms with Crippen LogP contribution in [0.2, 0.25) is 5.02 Å². The van der Waals surface area contributed by atoms with E-state index in [2.05, 4.69) is 15.5 Å². The number of carbonyl (C=O) groups excluding carboxylic acids is 1. The third kappa shape index (κ3) is 4.77. The second-order valence-corrected chi connectivity index (χ2v) is 10.4. The van der Waals surface area contributed by atoms with Crippen LogP contribution < -0.4 is 5.32 Å². The second-order valence-electron chi connectivity index (χ2n) is 7.02. The molecule has 1 N–H and O–H groups in total. The molecule has 1 fully saturated rings. The summed E-state index contributed by atoms with van der Waals surface area (Å²) in [5.41, 5.74) is 0.0729. The highest BCUT2D eigenvalue weighted by atomic mass is 35.5. The summed E-state index contributed by atoms with van der Waals surface area (Å²) in [5, 5.41) is 11.7. The van der Waals surface area contributed by atoms with Gasteiger partial charge < -0.3 is 5.32 Å². The SMILES string of the molecule is O=C(Nc1ccccc1F)c1nnc(C2CCN(S(=O)(=O)c3cccc(Cl)c3)CC2)s1. The van der Waals surface area contributed by atoms with Crippen LogP contribution in [0.3, 0.4) is 0 Å². The first kappa shape index (κ1) is 21.8. The number of sulfonamides is 1. The number of piperidine rings is 1. The molecule has 11 heteroatoms. The molecule has 7 nitrogen and oxygen atoms in total. The summed E-state index contributed by atoms with van der Waals surface area (Å²) in [5.74, 6) is -1.07. The molecule has 0 bridgehead atoms. The number of hydrogen-bond donors (Lipinski definition) is 1. The number of benzene rings is 2. The highest BCUT2D eigenvalue weighted by Crippen LogP contribution is 2.33. The Balaban J connectivity index is 1.40. The third-order valence-corrected chi connectivity index (χ3v) is 8.21. The van der Waals surface area contributed by atoms with Gasteiger partial charge in [-0.3, -0.25) is 4.79 Å². The van der Waals surface area contributed by atoms with Crippen LogP contribution in [0.4, 0.5) is 10.1 Å². The van der Waals surface area contributed by atoms with Crippen molar-refractivity contribution in [3.8, 4) is 0 Å². The molecule has 1 amide bonds. The highest BCUT2D eigenvalue weighted by molar-refractivity contribution is 7.89. The van der Waals surface area contributed by atoms with Gasteiger partial charge in [0.15, 0.2) is 0 Å². The lowest BCUT2D eigenvalue weighted by Gasteiger charge is -2.30. The van der Waals surface area contributed by atoms with Gasteiger partial charge in [-0.2, -0.15) is 4.31 Å². The van der Waals surface area contributed by atoms with Gasteiger partial charge in [0, 0.05) is 24.0 Å². The number of nitrogens with zero attached hydrogens (tertiary/aromatic N) is 3. The first-order chi connectivity index (χ1) is 14.8. The molecule has 1 saturated heterocycles. The maximum absolute atomic E-state index is 13.7. The van der Waals surface area contributed by atoms with E-state index in [1.807, 2.05) is 0 Å². The molecule has 0 radical (unpaired) electrons. The Morgan fingerprint density at radius 1 is 1.13 bits per heavy atom. The summed E-state index contributed by atoms with van der Waals surface area (Å²) in [7, 11) is -3.62. The average molecular weight is 481 g/mol. The van der Waals surface area contributed by atoms with Crippen LogP contribution in [0.5, 0.6) is 0 Å². The van der Waals surface area contributed by atoms with Gasteiger partial charge in [-0.15, -0.1) is 10.2 Å². The molecule has 3 aromatic rings. The first-order valence-electron chi connectivity index (χ1n) is 9.49. The minimum absolute atomic E-state index is 0.00155. The lowest BCUT2D eigenvalue weighted by molar-refractivity contribution is 0.102. The molecule has 2 heterocycles. The topological polar surface area (TPSA) is 92.3 Å². The Labute approximate surface area is 187 Å². The molecule has 1 aliphatic heterocycles. The number of nitrogens with one attached hydrogen (secondary N) is 1. The molecule has 1 aliphatic rings. The molecule has 31 heavy (non-hydrogen) atoms. The van der Waals surface area contributed by atoms with Crippen molar-refractivity contribution in [1.82, 2.24) is 14.5 Å². The molecule has 0 atom stereocenters. The Bertz CT molecular complexity index is 1210. The normalized spacial score (nSPS) is 15.7. The van der Waals surface area contributed by atoms with E-state index in [0.717, 1.165) is 11.3 Å². The molecule has 0 aliphatic carbocycles. The fourth-order valence-corrected chi connectivity index (χ4v) is 6.03. The van der Waals surface area contributed by atoms with Crippen molar-refractivity contribution < 1.29 is 17.6 Å². The Kier molecular flexibility index (Phi) is 6.33. The van der Waals surface area contributed by atoms with E-state index in [1.54, 1.807) is 18.2 Å². The van der Waals surface area contributed by atoms with Crippen LogP contribution in [-0.2, 0) is 10.0 Å². The predicted molar refractivity (Wildman–Crippen MR) is 116 cm³/mol. The molecule has 0 spiro atoms. The van der Waals surface area contributed by atoms with Gasteiger partial charge in [0.1, 0.15) is 10.8 Å². The van der Waals surface area contributed by atoms with E-state index in [9.17, 15) is 17.6 Å². The minimum atomic E-state index is -3.62. The number of aromatic nitrogens is 2. The van der Waals surface area contributed by atoms with Gasteiger partial charge in [-0.05, 0) is 43.2 Å². The first-order valence-corrected chi connectivity index (χ1v) is 12.1. The molecule has 0 unspecified atom stereocenters. The van der Waals surface area contributed by atoms with E-state index in [0.29, 0.717) is 36.0 Å². The number of anilines is 1. The van der Waals surface area contributed by atoms with E-state index in [-0.39, 0.29) is 21.5 Å². The van der Waals surface area contributed by atoms with Gasteiger partial charge in [0.05, 0.1) is 10.6 Å². The fourth-order valence-electron chi connectivity index (χ4n) is 3.35. The zero-order chi connectivity index (χ0) is 22.0. The van der Waals surface area contributed by atoms with Crippen molar-refractivity contribution in [3.63, 3.8) is 0 Å². The van der Waals surface area contributed by atoms with Crippen molar-refractivity contribution in [2.24, 2.45) is 0 Å². The maximum Gasteiger partial charge on any atom is 0.286 e. The molecule has 0 saturated carbocycles. The van der Waals surface area contributed by atoms with Gasteiger partial charge in [-0.1, -0.05) is 41.1 Å². The summed E-state index contributed by atoms with van der Waals surface area (Å²) in [6, 6.07) is 12.1. The van der Waals surface area contributed by atoms with Crippen LogP contribution in [0.1, 0.15) is 33.6 Å². The zero-order valence-corrected chi connectivity index (χ0v) is 18.6. The van der Waals surface area contributed by atoms with Gasteiger partial charge in [-0.25, -0.2) is 12.8 Å². The number of carbonyl (C=O) groups is 1. The van der Waals surface area contributed by atoms with E-state index >= 15 is 0 Å². The Morgan fingerprint density at radius 3 is 2.58 bits per heavy atom. The monoisotopic (exact) mass is 480 g/mol. The summed E-state index contributed by atoms with van der Waals surface area (Å²) >= 11 is 7.07. The van der Waals surface area contributed by atoms with Crippen molar-refractivity contribution in [3.05, 3.63) is 69.4 Å². The number of rotatable bonds is 5. The van der Waals surface area contributed by atoms with Gasteiger partial charge >= 0.3 is 0 Å². The maximum atomic E-state index is 13.7. The number of amides is 1. The van der Waals surface area contributed by atoms with Crippen LogP contribution in [0.15, 0.2) is 53.4 Å². The largest absolute Gasteiger partial charge is 0.317 e. The summed E-state index contributed by atoms with van der Waals surface area (Å²) < 4.78 is 40.8. The summed E-state index contributed by atoms with van der Waals surface area (Å²) in [6.45, 7) is 0.658.